The minimum atomic E-state index is 0.219. The van der Waals surface area contributed by atoms with E-state index in [9.17, 15) is 0 Å². The Labute approximate surface area is 117 Å². The molecule has 2 aromatic rings. The van der Waals surface area contributed by atoms with Crippen LogP contribution in [-0.2, 0) is 0 Å². The molecule has 6 nitrogen and oxygen atoms in total. The molecule has 0 atom stereocenters. The summed E-state index contributed by atoms with van der Waals surface area (Å²) < 4.78 is 16.0. The number of rotatable bonds is 4. The second-order valence-corrected chi connectivity index (χ2v) is 4.13. The van der Waals surface area contributed by atoms with Crippen LogP contribution in [0.15, 0.2) is 18.2 Å². The van der Waals surface area contributed by atoms with Crippen LogP contribution in [0, 0.1) is 6.92 Å². The summed E-state index contributed by atoms with van der Waals surface area (Å²) in [5.74, 6) is 1.87. The number of aromatic nitrogens is 2. The summed E-state index contributed by atoms with van der Waals surface area (Å²) in [6, 6.07) is 5.48. The normalized spacial score (nSPS) is 10.2. The van der Waals surface area contributed by atoms with Gasteiger partial charge in [-0.15, -0.1) is 0 Å². The second-order valence-electron chi connectivity index (χ2n) is 4.13. The fourth-order valence-corrected chi connectivity index (χ4v) is 2.03. The van der Waals surface area contributed by atoms with Crippen molar-refractivity contribution in [2.75, 3.05) is 27.1 Å². The van der Waals surface area contributed by atoms with E-state index in [1.54, 1.807) is 27.4 Å². The lowest BCUT2D eigenvalue weighted by atomic mass is 10.1. The van der Waals surface area contributed by atoms with Gasteiger partial charge in [0.15, 0.2) is 11.5 Å². The number of hydrogen-bond donors (Lipinski definition) is 1. The Morgan fingerprint density at radius 3 is 2.20 bits per heavy atom. The van der Waals surface area contributed by atoms with Gasteiger partial charge in [0.2, 0.25) is 11.7 Å². The largest absolute Gasteiger partial charge is 0.493 e. The molecule has 1 aromatic carbocycles. The van der Waals surface area contributed by atoms with Gasteiger partial charge in [0, 0.05) is 11.3 Å². The molecule has 0 bridgehead atoms. The molecule has 0 aliphatic rings. The Bertz CT molecular complexity index is 609. The van der Waals surface area contributed by atoms with E-state index in [4.69, 9.17) is 19.9 Å². The third-order valence-corrected chi connectivity index (χ3v) is 2.85. The summed E-state index contributed by atoms with van der Waals surface area (Å²) in [6.07, 6.45) is 0. The smallest absolute Gasteiger partial charge is 0.220 e. The molecular weight excluding hydrogens is 258 g/mol. The summed E-state index contributed by atoms with van der Waals surface area (Å²) >= 11 is 0. The average molecular weight is 275 g/mol. The van der Waals surface area contributed by atoms with Crippen LogP contribution in [0.5, 0.6) is 17.2 Å². The van der Waals surface area contributed by atoms with E-state index in [0.717, 1.165) is 11.3 Å². The SMILES string of the molecule is COc1ccc(-c2cc(C)nc(N)n2)c(OC)c1OC. The number of ether oxygens (including phenoxy) is 3. The Hall–Kier alpha value is -2.50. The van der Waals surface area contributed by atoms with Gasteiger partial charge in [0.25, 0.3) is 0 Å². The molecule has 6 heteroatoms. The maximum atomic E-state index is 5.70. The monoisotopic (exact) mass is 275 g/mol. The highest BCUT2D eigenvalue weighted by atomic mass is 16.5. The molecule has 0 saturated carbocycles. The number of aryl methyl sites for hydroxylation is 1. The maximum absolute atomic E-state index is 5.70. The fraction of sp³-hybridized carbons (Fsp3) is 0.286. The van der Waals surface area contributed by atoms with Gasteiger partial charge in [-0.05, 0) is 25.1 Å². The van der Waals surface area contributed by atoms with Crippen LogP contribution in [0.4, 0.5) is 5.95 Å². The van der Waals surface area contributed by atoms with Crippen molar-refractivity contribution < 1.29 is 14.2 Å². The highest BCUT2D eigenvalue weighted by Gasteiger charge is 2.18. The fourth-order valence-electron chi connectivity index (χ4n) is 2.03. The number of methoxy groups -OCH3 is 3. The molecule has 0 fully saturated rings. The highest BCUT2D eigenvalue weighted by molar-refractivity contribution is 5.74. The molecule has 0 aliphatic heterocycles. The Kier molecular flexibility index (Phi) is 3.93. The van der Waals surface area contributed by atoms with E-state index in [2.05, 4.69) is 9.97 Å². The van der Waals surface area contributed by atoms with Crippen LogP contribution in [0.3, 0.4) is 0 Å². The summed E-state index contributed by atoms with van der Waals surface area (Å²) in [7, 11) is 4.70. The zero-order valence-corrected chi connectivity index (χ0v) is 11.9. The Balaban J connectivity index is 2.67. The van der Waals surface area contributed by atoms with E-state index in [-0.39, 0.29) is 5.95 Å². The van der Waals surface area contributed by atoms with Crippen LogP contribution in [0.2, 0.25) is 0 Å². The molecule has 20 heavy (non-hydrogen) atoms. The van der Waals surface area contributed by atoms with Gasteiger partial charge in [-0.2, -0.15) is 0 Å². The number of hydrogen-bond acceptors (Lipinski definition) is 6. The van der Waals surface area contributed by atoms with Gasteiger partial charge in [-0.1, -0.05) is 0 Å². The van der Waals surface area contributed by atoms with Crippen LogP contribution < -0.4 is 19.9 Å². The lowest BCUT2D eigenvalue weighted by Gasteiger charge is -2.15. The van der Waals surface area contributed by atoms with Gasteiger partial charge in [0.05, 0.1) is 27.0 Å². The van der Waals surface area contributed by atoms with Crippen LogP contribution in [-0.4, -0.2) is 31.3 Å². The molecule has 0 spiro atoms. The van der Waals surface area contributed by atoms with Crippen molar-refractivity contribution in [1.29, 1.82) is 0 Å². The standard InChI is InChI=1S/C14H17N3O3/c1-8-7-10(17-14(15)16-8)9-5-6-11(18-2)13(20-4)12(9)19-3/h5-7H,1-4H3,(H2,15,16,17). The second kappa shape index (κ2) is 5.64. The molecule has 0 unspecified atom stereocenters. The van der Waals surface area contributed by atoms with E-state index in [1.807, 2.05) is 19.1 Å². The number of nitrogens with zero attached hydrogens (tertiary/aromatic N) is 2. The highest BCUT2D eigenvalue weighted by Crippen LogP contribution is 2.43. The Morgan fingerprint density at radius 1 is 0.950 bits per heavy atom. The minimum Gasteiger partial charge on any atom is -0.493 e. The number of benzene rings is 1. The molecule has 1 aromatic heterocycles. The quantitative estimate of drug-likeness (QED) is 0.920. The third kappa shape index (κ3) is 2.45. The molecule has 1 heterocycles. The first-order valence-corrected chi connectivity index (χ1v) is 6.01. The summed E-state index contributed by atoms with van der Waals surface area (Å²) in [5, 5.41) is 0. The van der Waals surface area contributed by atoms with Crippen molar-refractivity contribution in [2.24, 2.45) is 0 Å². The first-order valence-electron chi connectivity index (χ1n) is 6.01. The molecule has 0 saturated heterocycles. The van der Waals surface area contributed by atoms with E-state index in [1.165, 1.54) is 0 Å². The molecular formula is C14H17N3O3. The summed E-state index contributed by atoms with van der Waals surface area (Å²) in [4.78, 5) is 8.30. The first kappa shape index (κ1) is 13.9. The van der Waals surface area contributed by atoms with Gasteiger partial charge in [-0.25, -0.2) is 9.97 Å². The van der Waals surface area contributed by atoms with Crippen molar-refractivity contribution in [3.63, 3.8) is 0 Å². The van der Waals surface area contributed by atoms with Gasteiger partial charge >= 0.3 is 0 Å². The summed E-state index contributed by atoms with van der Waals surface area (Å²) in [6.45, 7) is 1.86. The maximum Gasteiger partial charge on any atom is 0.220 e. The molecule has 0 aliphatic carbocycles. The molecule has 2 rings (SSSR count). The third-order valence-electron chi connectivity index (χ3n) is 2.85. The lowest BCUT2D eigenvalue weighted by molar-refractivity contribution is 0.325. The average Bonchev–Trinajstić information content (AvgIpc) is 2.44. The predicted octanol–water partition coefficient (Wildman–Crippen LogP) is 2.06. The Morgan fingerprint density at radius 2 is 1.65 bits per heavy atom. The van der Waals surface area contributed by atoms with Crippen LogP contribution in [0.1, 0.15) is 5.69 Å². The number of nitrogen functional groups attached to an aromatic ring is 1. The van der Waals surface area contributed by atoms with Crippen molar-refractivity contribution >= 4 is 5.95 Å². The van der Waals surface area contributed by atoms with Gasteiger partial charge < -0.3 is 19.9 Å². The topological polar surface area (TPSA) is 79.5 Å². The zero-order chi connectivity index (χ0) is 14.7. The predicted molar refractivity (Wildman–Crippen MR) is 76.3 cm³/mol. The van der Waals surface area contributed by atoms with Crippen molar-refractivity contribution in [3.8, 4) is 28.5 Å². The number of nitrogens with two attached hydrogens (primary N) is 1. The van der Waals surface area contributed by atoms with Crippen molar-refractivity contribution in [3.05, 3.63) is 23.9 Å². The van der Waals surface area contributed by atoms with E-state index >= 15 is 0 Å². The molecule has 0 radical (unpaired) electrons. The summed E-state index contributed by atoms with van der Waals surface area (Å²) in [5.41, 5.74) is 7.92. The molecule has 106 valence electrons. The van der Waals surface area contributed by atoms with E-state index in [0.29, 0.717) is 22.9 Å². The van der Waals surface area contributed by atoms with Crippen molar-refractivity contribution in [1.82, 2.24) is 9.97 Å². The zero-order valence-electron chi connectivity index (χ0n) is 11.9. The number of anilines is 1. The van der Waals surface area contributed by atoms with Crippen LogP contribution in [0.25, 0.3) is 11.3 Å². The van der Waals surface area contributed by atoms with Crippen LogP contribution >= 0.6 is 0 Å². The van der Waals surface area contributed by atoms with Gasteiger partial charge in [0.1, 0.15) is 0 Å². The van der Waals surface area contributed by atoms with E-state index < -0.39 is 0 Å². The molecule has 0 amide bonds. The van der Waals surface area contributed by atoms with Gasteiger partial charge in [-0.3, -0.25) is 0 Å². The minimum absolute atomic E-state index is 0.219. The first-order chi connectivity index (χ1) is 9.60. The molecule has 2 N–H and O–H groups in total. The van der Waals surface area contributed by atoms with Crippen molar-refractivity contribution in [2.45, 2.75) is 6.92 Å². The lowest BCUT2D eigenvalue weighted by Crippen LogP contribution is -2.01.